The van der Waals surface area contributed by atoms with Gasteiger partial charge in [0.15, 0.2) is 0 Å². The van der Waals surface area contributed by atoms with E-state index in [0.717, 1.165) is 12.8 Å². The van der Waals surface area contributed by atoms with E-state index in [-0.39, 0.29) is 15.1 Å². The zero-order valence-corrected chi connectivity index (χ0v) is 7.26. The van der Waals surface area contributed by atoms with Crippen molar-refractivity contribution in [2.45, 2.75) is 12.8 Å². The van der Waals surface area contributed by atoms with Gasteiger partial charge in [-0.15, -0.1) is 5.92 Å². The van der Waals surface area contributed by atoms with E-state index in [9.17, 15) is 4.79 Å². The van der Waals surface area contributed by atoms with E-state index < -0.39 is 0 Å². The molecule has 50 valence electrons. The SMILES string of the molecule is O=[C-]C1CC1.[Cl][Ru][Cl]. The van der Waals surface area contributed by atoms with E-state index in [1.165, 1.54) is 0 Å². The molecule has 1 aliphatic carbocycles. The summed E-state index contributed by atoms with van der Waals surface area (Å²) in [4.78, 5) is 9.44. The number of hydrogen-bond donors (Lipinski definition) is 0. The van der Waals surface area contributed by atoms with Gasteiger partial charge in [-0.3, -0.25) is 6.29 Å². The van der Waals surface area contributed by atoms with Gasteiger partial charge in [0.2, 0.25) is 0 Å². The van der Waals surface area contributed by atoms with Crippen LogP contribution >= 0.6 is 19.4 Å². The van der Waals surface area contributed by atoms with Crippen molar-refractivity contribution in [2.75, 3.05) is 0 Å². The Bertz CT molecular complexity index is 65.1. The Morgan fingerprint density at radius 1 is 1.50 bits per heavy atom. The zero-order chi connectivity index (χ0) is 6.41. The molecule has 0 aromatic rings. The van der Waals surface area contributed by atoms with Crippen molar-refractivity contribution in [3.8, 4) is 0 Å². The van der Waals surface area contributed by atoms with Gasteiger partial charge in [0.05, 0.1) is 0 Å². The van der Waals surface area contributed by atoms with Crippen molar-refractivity contribution in [1.29, 1.82) is 0 Å². The monoisotopic (exact) mass is 241 g/mol. The van der Waals surface area contributed by atoms with Gasteiger partial charge in [-0.2, -0.15) is 0 Å². The van der Waals surface area contributed by atoms with Crippen LogP contribution in [0.5, 0.6) is 0 Å². The van der Waals surface area contributed by atoms with Crippen LogP contribution in [-0.4, -0.2) is 6.29 Å². The predicted molar refractivity (Wildman–Crippen MR) is 30.1 cm³/mol. The Hall–Kier alpha value is 0.873. The van der Waals surface area contributed by atoms with Gasteiger partial charge in [-0.1, -0.05) is 12.8 Å². The Kier molecular flexibility index (Phi) is 6.66. The average molecular weight is 241 g/mol. The molecule has 0 saturated heterocycles. The van der Waals surface area contributed by atoms with Crippen LogP contribution in [0.15, 0.2) is 0 Å². The fourth-order valence-electron chi connectivity index (χ4n) is 0.201. The van der Waals surface area contributed by atoms with Gasteiger partial charge in [0.1, 0.15) is 0 Å². The molecule has 0 amide bonds. The van der Waals surface area contributed by atoms with E-state index in [0.29, 0.717) is 5.92 Å². The zero-order valence-electron chi connectivity index (χ0n) is 4.01. The first-order valence-corrected chi connectivity index (χ1v) is 6.55. The second kappa shape index (κ2) is 6.00. The van der Waals surface area contributed by atoms with Crippen molar-refractivity contribution < 1.29 is 19.9 Å². The van der Waals surface area contributed by atoms with E-state index in [4.69, 9.17) is 19.4 Å². The van der Waals surface area contributed by atoms with Crippen molar-refractivity contribution in [2.24, 2.45) is 5.92 Å². The Morgan fingerprint density at radius 2 is 1.88 bits per heavy atom. The van der Waals surface area contributed by atoms with Crippen LogP contribution < -0.4 is 0 Å². The fraction of sp³-hybridized carbons (Fsp3) is 0.750. The van der Waals surface area contributed by atoms with Gasteiger partial charge in [0, 0.05) is 0 Å². The summed E-state index contributed by atoms with van der Waals surface area (Å²) in [7, 11) is 9.71. The van der Waals surface area contributed by atoms with Crippen LogP contribution in [0.2, 0.25) is 0 Å². The number of rotatable bonds is 1. The van der Waals surface area contributed by atoms with Crippen molar-refractivity contribution in [3.05, 3.63) is 0 Å². The van der Waals surface area contributed by atoms with E-state index in [2.05, 4.69) is 0 Å². The number of hydrogen-bond acceptors (Lipinski definition) is 1. The Labute approximate surface area is 64.4 Å². The second-order valence-corrected chi connectivity index (χ2v) is 4.08. The molecule has 1 rings (SSSR count). The molecule has 1 saturated carbocycles. The first-order chi connectivity index (χ1) is 3.85. The quantitative estimate of drug-likeness (QED) is 0.506. The molecule has 1 aliphatic rings. The number of carbonyl (C=O) groups excluding carboxylic acids is 1. The van der Waals surface area contributed by atoms with Gasteiger partial charge >= 0.3 is 34.5 Å². The van der Waals surface area contributed by atoms with Crippen LogP contribution in [-0.2, 0) is 19.9 Å². The molecule has 4 heteroatoms. The van der Waals surface area contributed by atoms with Crippen molar-refractivity contribution >= 4 is 25.7 Å². The fourth-order valence-corrected chi connectivity index (χ4v) is 0.201. The normalized spacial score (nSPS) is 16.8. The maximum absolute atomic E-state index is 9.44. The standard InChI is InChI=1S/C4H5O.2ClH.Ru/c5-3-4-1-2-4;;;/h4H,1-2H2;2*1H;/q-1;;;+2/p-2. The first kappa shape index (κ1) is 8.87. The van der Waals surface area contributed by atoms with Crippen LogP contribution in [0, 0.1) is 5.92 Å². The summed E-state index contributed by atoms with van der Waals surface area (Å²) in [5.74, 6) is 0.329. The third-order valence-electron chi connectivity index (χ3n) is 0.744. The molecule has 0 atom stereocenters. The molecule has 0 aliphatic heterocycles. The third-order valence-corrected chi connectivity index (χ3v) is 0.744. The molecule has 0 bridgehead atoms. The van der Waals surface area contributed by atoms with Crippen molar-refractivity contribution in [1.82, 2.24) is 0 Å². The molecule has 0 aromatic carbocycles. The molecule has 0 aromatic heterocycles. The molecule has 0 radical (unpaired) electrons. The first-order valence-electron chi connectivity index (χ1n) is 2.08. The average Bonchev–Trinajstić information content (AvgIpc) is 2.48. The number of halogens is 2. The summed E-state index contributed by atoms with van der Waals surface area (Å²) >= 11 is -0.346. The molecule has 8 heavy (non-hydrogen) atoms. The Balaban J connectivity index is 0.000000145. The van der Waals surface area contributed by atoms with E-state index in [1.54, 1.807) is 0 Å². The van der Waals surface area contributed by atoms with E-state index >= 15 is 0 Å². The van der Waals surface area contributed by atoms with E-state index in [1.807, 2.05) is 6.29 Å². The molecule has 0 spiro atoms. The van der Waals surface area contributed by atoms with Gasteiger partial charge in [-0.25, -0.2) is 0 Å². The predicted octanol–water partition coefficient (Wildman–Crippen LogP) is 1.88. The van der Waals surface area contributed by atoms with Gasteiger partial charge in [-0.05, 0) is 0 Å². The second-order valence-electron chi connectivity index (χ2n) is 1.44. The molecule has 0 heterocycles. The Morgan fingerprint density at radius 3 is 1.88 bits per heavy atom. The third kappa shape index (κ3) is 6.87. The van der Waals surface area contributed by atoms with Crippen LogP contribution in [0.4, 0.5) is 0 Å². The summed E-state index contributed by atoms with van der Waals surface area (Å²) in [5.41, 5.74) is 0. The van der Waals surface area contributed by atoms with Crippen LogP contribution in [0.25, 0.3) is 0 Å². The molecule has 1 nitrogen and oxygen atoms in total. The minimum atomic E-state index is -0.346. The topological polar surface area (TPSA) is 17.1 Å². The summed E-state index contributed by atoms with van der Waals surface area (Å²) in [6.45, 7) is 0. The molecule has 0 unspecified atom stereocenters. The van der Waals surface area contributed by atoms with Gasteiger partial charge < -0.3 is 4.79 Å². The molecule has 1 fully saturated rings. The van der Waals surface area contributed by atoms with Crippen molar-refractivity contribution in [3.63, 3.8) is 0 Å². The summed E-state index contributed by atoms with van der Waals surface area (Å²) in [6, 6.07) is 0. The molecular formula is C4H5Cl2ORu-. The molecule has 0 N–H and O–H groups in total. The minimum absolute atomic E-state index is 0.329. The van der Waals surface area contributed by atoms with Gasteiger partial charge in [0.25, 0.3) is 0 Å². The summed E-state index contributed by atoms with van der Waals surface area (Å²) in [5, 5.41) is 0. The maximum atomic E-state index is 9.44. The summed E-state index contributed by atoms with van der Waals surface area (Å²) < 4.78 is 0. The van der Waals surface area contributed by atoms with Crippen LogP contribution in [0.1, 0.15) is 12.8 Å². The van der Waals surface area contributed by atoms with Crippen LogP contribution in [0.3, 0.4) is 0 Å². The molecular weight excluding hydrogens is 236 g/mol. The summed E-state index contributed by atoms with van der Waals surface area (Å²) in [6.07, 6.45) is 4.06.